The average molecular weight is 266 g/mol. The number of hydrogen-bond donors (Lipinski definition) is 1. The molecular weight excluding hydrogens is 232 g/mol. The molecule has 112 valence electrons. The Balaban J connectivity index is 2.07. The molecule has 0 atom stereocenters. The van der Waals surface area contributed by atoms with Crippen molar-refractivity contribution in [2.75, 3.05) is 0 Å². The Bertz CT molecular complexity index is 278. The van der Waals surface area contributed by atoms with Crippen molar-refractivity contribution in [1.29, 1.82) is 0 Å². The van der Waals surface area contributed by atoms with Crippen LogP contribution in [-0.4, -0.2) is 11.2 Å². The highest BCUT2D eigenvalue weighted by Crippen LogP contribution is 2.55. The first-order chi connectivity index (χ1) is 8.85. The molecular formula is C18H34O. The van der Waals surface area contributed by atoms with E-state index in [2.05, 4.69) is 27.7 Å². The molecule has 1 heteroatoms. The van der Waals surface area contributed by atoms with Gasteiger partial charge in [0.25, 0.3) is 0 Å². The second-order valence-electron chi connectivity index (χ2n) is 8.28. The normalized spacial score (nSPS) is 31.4. The third-order valence-corrected chi connectivity index (χ3v) is 7.00. The van der Waals surface area contributed by atoms with Crippen LogP contribution in [0.15, 0.2) is 0 Å². The van der Waals surface area contributed by atoms with Gasteiger partial charge in [0, 0.05) is 0 Å². The first kappa shape index (κ1) is 15.4. The van der Waals surface area contributed by atoms with Gasteiger partial charge < -0.3 is 5.11 Å². The van der Waals surface area contributed by atoms with Crippen LogP contribution in [0.4, 0.5) is 0 Å². The van der Waals surface area contributed by atoms with Crippen molar-refractivity contribution in [2.45, 2.75) is 91.6 Å². The van der Waals surface area contributed by atoms with E-state index >= 15 is 0 Å². The van der Waals surface area contributed by atoms with Crippen molar-refractivity contribution in [2.24, 2.45) is 22.7 Å². The van der Waals surface area contributed by atoms with Crippen molar-refractivity contribution in [1.82, 2.24) is 0 Å². The molecule has 1 nitrogen and oxygen atoms in total. The van der Waals surface area contributed by atoms with Crippen LogP contribution >= 0.6 is 0 Å². The molecule has 2 fully saturated rings. The fraction of sp³-hybridized carbons (Fsp3) is 1.00. The van der Waals surface area contributed by atoms with Gasteiger partial charge in [-0.25, -0.2) is 0 Å². The zero-order valence-corrected chi connectivity index (χ0v) is 13.5. The molecule has 19 heavy (non-hydrogen) atoms. The highest BCUT2D eigenvalue weighted by Gasteiger charge is 2.47. The third kappa shape index (κ3) is 3.01. The highest BCUT2D eigenvalue weighted by molar-refractivity contribution is 4.97. The summed E-state index contributed by atoms with van der Waals surface area (Å²) in [5.74, 6) is 1.70. The van der Waals surface area contributed by atoms with Crippen molar-refractivity contribution in [3.63, 3.8) is 0 Å². The maximum atomic E-state index is 9.74. The number of hydrogen-bond acceptors (Lipinski definition) is 1. The number of rotatable bonds is 3. The Morgan fingerprint density at radius 1 is 0.632 bits per heavy atom. The monoisotopic (exact) mass is 266 g/mol. The molecule has 2 saturated carbocycles. The van der Waals surface area contributed by atoms with E-state index in [4.69, 9.17) is 0 Å². The van der Waals surface area contributed by atoms with Crippen LogP contribution in [0.2, 0.25) is 0 Å². The van der Waals surface area contributed by atoms with Gasteiger partial charge in [-0.1, -0.05) is 47.0 Å². The molecule has 0 aliphatic heterocycles. The van der Waals surface area contributed by atoms with Crippen molar-refractivity contribution >= 4 is 0 Å². The summed E-state index contributed by atoms with van der Waals surface area (Å²) in [7, 11) is 0. The van der Waals surface area contributed by atoms with Crippen molar-refractivity contribution in [3.8, 4) is 0 Å². The van der Waals surface area contributed by atoms with Crippen LogP contribution < -0.4 is 0 Å². The summed E-state index contributed by atoms with van der Waals surface area (Å²) >= 11 is 0. The predicted octanol–water partition coefficient (Wildman–Crippen LogP) is 5.17. The lowest BCUT2D eigenvalue weighted by molar-refractivity contribution is -0.0500. The zero-order valence-electron chi connectivity index (χ0n) is 13.5. The molecule has 0 spiro atoms. The van der Waals surface area contributed by atoms with E-state index in [0.717, 1.165) is 24.7 Å². The molecule has 0 amide bonds. The Hall–Kier alpha value is -0.0400. The van der Waals surface area contributed by atoms with Crippen LogP contribution in [0.25, 0.3) is 0 Å². The lowest BCUT2D eigenvalue weighted by Crippen LogP contribution is -2.46. The summed E-state index contributed by atoms with van der Waals surface area (Å²) in [6, 6.07) is 0. The predicted molar refractivity (Wildman–Crippen MR) is 82.1 cm³/mol. The van der Waals surface area contributed by atoms with E-state index < -0.39 is 0 Å². The molecule has 2 aliphatic rings. The molecule has 1 N–H and O–H groups in total. The fourth-order valence-corrected chi connectivity index (χ4v) is 4.67. The standard InChI is InChI=1S/C18H34O/c1-17(2,14-8-6-5-7-9-14)18(3,4)15-10-12-16(19)13-11-15/h14-16,19H,5-13H2,1-4H3/t15-,16+. The molecule has 2 aliphatic carbocycles. The smallest absolute Gasteiger partial charge is 0.0540 e. The van der Waals surface area contributed by atoms with Gasteiger partial charge in [0.2, 0.25) is 0 Å². The Morgan fingerprint density at radius 3 is 1.53 bits per heavy atom. The van der Waals surface area contributed by atoms with Crippen molar-refractivity contribution < 1.29 is 5.11 Å². The topological polar surface area (TPSA) is 20.2 Å². The van der Waals surface area contributed by atoms with E-state index in [1.807, 2.05) is 0 Å². The van der Waals surface area contributed by atoms with Crippen LogP contribution in [0.1, 0.15) is 85.5 Å². The lowest BCUT2D eigenvalue weighted by Gasteiger charge is -2.53. The summed E-state index contributed by atoms with van der Waals surface area (Å²) in [6.07, 6.45) is 11.7. The third-order valence-electron chi connectivity index (χ3n) is 7.00. The van der Waals surface area contributed by atoms with Crippen LogP contribution in [0, 0.1) is 22.7 Å². The van der Waals surface area contributed by atoms with E-state index in [1.54, 1.807) is 0 Å². The minimum atomic E-state index is -0.0233. The van der Waals surface area contributed by atoms with E-state index in [9.17, 15) is 5.11 Å². The van der Waals surface area contributed by atoms with Crippen LogP contribution in [0.5, 0.6) is 0 Å². The van der Waals surface area contributed by atoms with E-state index in [0.29, 0.717) is 10.8 Å². The maximum absolute atomic E-state index is 9.74. The lowest BCUT2D eigenvalue weighted by atomic mass is 9.52. The Labute approximate surface area is 120 Å². The maximum Gasteiger partial charge on any atom is 0.0540 e. The minimum absolute atomic E-state index is 0.0233. The highest BCUT2D eigenvalue weighted by atomic mass is 16.3. The van der Waals surface area contributed by atoms with Crippen LogP contribution in [-0.2, 0) is 0 Å². The van der Waals surface area contributed by atoms with Crippen molar-refractivity contribution in [3.05, 3.63) is 0 Å². The number of aliphatic hydroxyl groups excluding tert-OH is 1. The first-order valence-corrected chi connectivity index (χ1v) is 8.54. The summed E-state index contributed by atoms with van der Waals surface area (Å²) in [6.45, 7) is 10.1. The Morgan fingerprint density at radius 2 is 1.05 bits per heavy atom. The van der Waals surface area contributed by atoms with Gasteiger partial charge in [0.15, 0.2) is 0 Å². The molecule has 0 saturated heterocycles. The largest absolute Gasteiger partial charge is 0.393 e. The molecule has 0 aromatic carbocycles. The summed E-state index contributed by atoms with van der Waals surface area (Å²) in [5.41, 5.74) is 0.829. The Kier molecular flexibility index (Phi) is 4.65. The summed E-state index contributed by atoms with van der Waals surface area (Å²) < 4.78 is 0. The molecule has 0 unspecified atom stereocenters. The second kappa shape index (κ2) is 5.76. The molecule has 0 bridgehead atoms. The van der Waals surface area contributed by atoms with Gasteiger partial charge in [-0.2, -0.15) is 0 Å². The zero-order chi connectivity index (χ0) is 14.1. The number of aliphatic hydroxyl groups is 1. The van der Waals surface area contributed by atoms with Gasteiger partial charge in [-0.05, 0) is 61.2 Å². The van der Waals surface area contributed by atoms with E-state index in [-0.39, 0.29) is 6.10 Å². The quantitative estimate of drug-likeness (QED) is 0.747. The van der Waals surface area contributed by atoms with Gasteiger partial charge >= 0.3 is 0 Å². The molecule has 0 heterocycles. The van der Waals surface area contributed by atoms with Crippen LogP contribution in [0.3, 0.4) is 0 Å². The first-order valence-electron chi connectivity index (χ1n) is 8.54. The second-order valence-corrected chi connectivity index (χ2v) is 8.28. The van der Waals surface area contributed by atoms with Gasteiger partial charge in [-0.3, -0.25) is 0 Å². The molecule has 0 aromatic rings. The average Bonchev–Trinajstić information content (AvgIpc) is 2.40. The SMILES string of the molecule is CC(C)(C1CCCCC1)C(C)(C)[C@H]1CC[C@@H](O)CC1. The molecule has 0 radical (unpaired) electrons. The minimum Gasteiger partial charge on any atom is -0.393 e. The fourth-order valence-electron chi connectivity index (χ4n) is 4.67. The van der Waals surface area contributed by atoms with Gasteiger partial charge in [0.1, 0.15) is 0 Å². The summed E-state index contributed by atoms with van der Waals surface area (Å²) in [4.78, 5) is 0. The van der Waals surface area contributed by atoms with Gasteiger partial charge in [0.05, 0.1) is 6.10 Å². The molecule has 2 rings (SSSR count). The van der Waals surface area contributed by atoms with E-state index in [1.165, 1.54) is 44.9 Å². The summed E-state index contributed by atoms with van der Waals surface area (Å²) in [5, 5.41) is 9.74. The molecule has 0 aromatic heterocycles. The van der Waals surface area contributed by atoms with Gasteiger partial charge in [-0.15, -0.1) is 0 Å².